The fourth-order valence-corrected chi connectivity index (χ4v) is 4.17. The third kappa shape index (κ3) is 3.52. The molecule has 3 heterocycles. The summed E-state index contributed by atoms with van der Waals surface area (Å²) in [6.45, 7) is 2.98. The molecule has 5 rings (SSSR count). The van der Waals surface area contributed by atoms with E-state index in [-0.39, 0.29) is 11.2 Å². The second-order valence-electron chi connectivity index (χ2n) is 6.82. The summed E-state index contributed by atoms with van der Waals surface area (Å²) in [6.07, 6.45) is 0.620. The lowest BCUT2D eigenvalue weighted by Gasteiger charge is -2.19. The van der Waals surface area contributed by atoms with E-state index in [4.69, 9.17) is 9.47 Å². The van der Waals surface area contributed by atoms with Crippen LogP contribution in [0.2, 0.25) is 0 Å². The number of anilines is 1. The third-order valence-corrected chi connectivity index (χ3v) is 6.04. The zero-order valence-corrected chi connectivity index (χ0v) is 17.0. The van der Waals surface area contributed by atoms with Crippen LogP contribution in [0.1, 0.15) is 13.3 Å². The molecule has 1 aliphatic heterocycles. The number of H-pyrrole nitrogens is 1. The number of aromatic nitrogens is 4. The number of aromatic amines is 1. The van der Waals surface area contributed by atoms with Crippen LogP contribution in [0.4, 0.5) is 5.69 Å². The maximum Gasteiger partial charge on any atom is 0.237 e. The summed E-state index contributed by atoms with van der Waals surface area (Å²) in [5, 5.41) is 12.6. The summed E-state index contributed by atoms with van der Waals surface area (Å²) in [4.78, 5) is 20.7. The van der Waals surface area contributed by atoms with E-state index in [1.807, 2.05) is 31.2 Å². The van der Waals surface area contributed by atoms with Crippen LogP contribution in [0.5, 0.6) is 11.5 Å². The molecule has 152 valence electrons. The van der Waals surface area contributed by atoms with Gasteiger partial charge in [-0.25, -0.2) is 4.98 Å². The van der Waals surface area contributed by atoms with Crippen LogP contribution in [0, 0.1) is 0 Å². The van der Waals surface area contributed by atoms with E-state index in [0.717, 1.165) is 16.4 Å². The lowest BCUT2D eigenvalue weighted by Crippen LogP contribution is -2.25. The van der Waals surface area contributed by atoms with E-state index in [1.165, 1.54) is 11.8 Å². The predicted molar refractivity (Wildman–Crippen MR) is 115 cm³/mol. The quantitative estimate of drug-likeness (QED) is 0.473. The van der Waals surface area contributed by atoms with Gasteiger partial charge in [0.15, 0.2) is 17.1 Å². The minimum atomic E-state index is -0.359. The van der Waals surface area contributed by atoms with Crippen molar-refractivity contribution >= 4 is 45.4 Å². The number of thioether (sulfide) groups is 1. The smallest absolute Gasteiger partial charge is 0.237 e. The Balaban J connectivity index is 1.33. The number of nitrogens with one attached hydrogen (secondary N) is 2. The fraction of sp³-hybridized carbons (Fsp3) is 0.238. The Kier molecular flexibility index (Phi) is 4.88. The SMILES string of the molecule is CCC(Sc1nnc2c(n1)[nH]c1ccccc12)C(=O)Nc1ccc2c(c1)OCCO2. The van der Waals surface area contributed by atoms with Crippen molar-refractivity contribution in [2.45, 2.75) is 23.8 Å². The first-order valence-corrected chi connectivity index (χ1v) is 10.6. The van der Waals surface area contributed by atoms with Crippen molar-refractivity contribution in [3.05, 3.63) is 42.5 Å². The van der Waals surface area contributed by atoms with Gasteiger partial charge in [0.25, 0.3) is 0 Å². The standard InChI is InChI=1S/C21H19N5O3S/c1-2-17(20(27)22-12-7-8-15-16(11-12)29-10-9-28-15)30-21-24-19-18(25-26-21)13-5-3-4-6-14(13)23-19/h3-8,11,17H,2,9-10H2,1H3,(H,22,27)(H,23,24,26). The molecule has 0 saturated carbocycles. The van der Waals surface area contributed by atoms with E-state index in [9.17, 15) is 4.79 Å². The molecule has 1 amide bonds. The number of carbonyl (C=O) groups is 1. The van der Waals surface area contributed by atoms with Crippen LogP contribution in [0.15, 0.2) is 47.6 Å². The Labute approximate surface area is 176 Å². The molecule has 0 fully saturated rings. The molecule has 4 aromatic rings. The maximum atomic E-state index is 12.8. The Morgan fingerprint density at radius 3 is 2.87 bits per heavy atom. The maximum absolute atomic E-state index is 12.8. The molecule has 9 heteroatoms. The number of ether oxygens (including phenoxy) is 2. The molecule has 1 aliphatic rings. The number of hydrogen-bond donors (Lipinski definition) is 2. The topological polar surface area (TPSA) is 102 Å². The highest BCUT2D eigenvalue weighted by Crippen LogP contribution is 2.33. The minimum absolute atomic E-state index is 0.125. The van der Waals surface area contributed by atoms with Gasteiger partial charge in [0, 0.05) is 22.7 Å². The van der Waals surface area contributed by atoms with Gasteiger partial charge in [-0.1, -0.05) is 36.9 Å². The number of hydrogen-bond acceptors (Lipinski definition) is 7. The summed E-state index contributed by atoms with van der Waals surface area (Å²) in [6, 6.07) is 13.2. The van der Waals surface area contributed by atoms with Crippen LogP contribution < -0.4 is 14.8 Å². The highest BCUT2D eigenvalue weighted by Gasteiger charge is 2.21. The van der Waals surface area contributed by atoms with Gasteiger partial charge >= 0.3 is 0 Å². The average Bonchev–Trinajstić information content (AvgIpc) is 3.15. The largest absolute Gasteiger partial charge is 0.486 e. The molecule has 0 bridgehead atoms. The monoisotopic (exact) mass is 421 g/mol. The normalized spacial score (nSPS) is 14.0. The van der Waals surface area contributed by atoms with Crippen molar-refractivity contribution in [3.8, 4) is 11.5 Å². The van der Waals surface area contributed by atoms with Crippen molar-refractivity contribution in [2.24, 2.45) is 0 Å². The first kappa shape index (κ1) is 18.7. The van der Waals surface area contributed by atoms with Gasteiger partial charge in [0.05, 0.1) is 5.25 Å². The molecule has 30 heavy (non-hydrogen) atoms. The van der Waals surface area contributed by atoms with Gasteiger partial charge in [-0.05, 0) is 24.6 Å². The van der Waals surface area contributed by atoms with Gasteiger partial charge in [-0.2, -0.15) is 0 Å². The zero-order chi connectivity index (χ0) is 20.5. The highest BCUT2D eigenvalue weighted by molar-refractivity contribution is 8.00. The molecule has 1 atom stereocenters. The van der Waals surface area contributed by atoms with Crippen LogP contribution >= 0.6 is 11.8 Å². The molecule has 2 N–H and O–H groups in total. The van der Waals surface area contributed by atoms with Crippen molar-refractivity contribution < 1.29 is 14.3 Å². The third-order valence-electron chi connectivity index (χ3n) is 4.82. The molecule has 0 radical (unpaired) electrons. The summed E-state index contributed by atoms with van der Waals surface area (Å²) < 4.78 is 11.1. The molecular formula is C21H19N5O3S. The van der Waals surface area contributed by atoms with Gasteiger partial charge in [-0.15, -0.1) is 10.2 Å². The van der Waals surface area contributed by atoms with Gasteiger partial charge in [-0.3, -0.25) is 4.79 Å². The molecule has 0 aliphatic carbocycles. The number of nitrogens with zero attached hydrogens (tertiary/aromatic N) is 3. The Morgan fingerprint density at radius 1 is 1.17 bits per heavy atom. The van der Waals surface area contributed by atoms with Crippen molar-refractivity contribution in [1.82, 2.24) is 20.2 Å². The molecule has 0 saturated heterocycles. The molecule has 2 aromatic heterocycles. The van der Waals surface area contributed by atoms with E-state index in [2.05, 4.69) is 25.5 Å². The molecule has 0 spiro atoms. The summed E-state index contributed by atoms with van der Waals surface area (Å²) in [5.74, 6) is 1.20. The highest BCUT2D eigenvalue weighted by atomic mass is 32.2. The minimum Gasteiger partial charge on any atom is -0.486 e. The average molecular weight is 421 g/mol. The summed E-state index contributed by atoms with van der Waals surface area (Å²) >= 11 is 1.30. The lowest BCUT2D eigenvalue weighted by molar-refractivity contribution is -0.115. The van der Waals surface area contributed by atoms with Crippen LogP contribution in [-0.4, -0.2) is 44.5 Å². The second kappa shape index (κ2) is 7.83. The van der Waals surface area contributed by atoms with Gasteiger partial charge in [0.2, 0.25) is 11.1 Å². The van der Waals surface area contributed by atoms with E-state index in [0.29, 0.717) is 47.6 Å². The number of amides is 1. The Bertz CT molecular complexity index is 1240. The fourth-order valence-electron chi connectivity index (χ4n) is 3.35. The van der Waals surface area contributed by atoms with Gasteiger partial charge < -0.3 is 19.8 Å². The molecular weight excluding hydrogens is 402 g/mol. The van der Waals surface area contributed by atoms with Crippen molar-refractivity contribution in [2.75, 3.05) is 18.5 Å². The van der Waals surface area contributed by atoms with Crippen LogP contribution in [0.3, 0.4) is 0 Å². The van der Waals surface area contributed by atoms with Gasteiger partial charge in [0.1, 0.15) is 18.7 Å². The second-order valence-corrected chi connectivity index (χ2v) is 7.99. The van der Waals surface area contributed by atoms with E-state index in [1.54, 1.807) is 18.2 Å². The predicted octanol–water partition coefficient (Wildman–Crippen LogP) is 3.79. The number of carbonyl (C=O) groups excluding carboxylic acids is 1. The molecule has 1 unspecified atom stereocenters. The number of benzene rings is 2. The number of para-hydroxylation sites is 1. The lowest BCUT2D eigenvalue weighted by atomic mass is 10.2. The van der Waals surface area contributed by atoms with Crippen molar-refractivity contribution in [3.63, 3.8) is 0 Å². The first-order chi connectivity index (χ1) is 14.7. The number of rotatable bonds is 5. The molecule has 2 aromatic carbocycles. The van der Waals surface area contributed by atoms with E-state index >= 15 is 0 Å². The van der Waals surface area contributed by atoms with Crippen LogP contribution in [-0.2, 0) is 4.79 Å². The number of fused-ring (bicyclic) bond motifs is 4. The summed E-state index contributed by atoms with van der Waals surface area (Å²) in [7, 11) is 0. The van der Waals surface area contributed by atoms with Crippen LogP contribution in [0.25, 0.3) is 22.1 Å². The Morgan fingerprint density at radius 2 is 2.00 bits per heavy atom. The molecule has 8 nitrogen and oxygen atoms in total. The summed E-state index contributed by atoms with van der Waals surface area (Å²) in [5.41, 5.74) is 3.01. The Hall–Kier alpha value is -3.33. The first-order valence-electron chi connectivity index (χ1n) is 9.69. The zero-order valence-electron chi connectivity index (χ0n) is 16.2. The van der Waals surface area contributed by atoms with Crippen molar-refractivity contribution in [1.29, 1.82) is 0 Å². The van der Waals surface area contributed by atoms with E-state index < -0.39 is 0 Å².